The first-order valence-corrected chi connectivity index (χ1v) is 31.5. The minimum atomic E-state index is -2.05. The van der Waals surface area contributed by atoms with Crippen LogP contribution in [0.5, 0.6) is 0 Å². The molecule has 24 nitrogen and oxygen atoms in total. The average Bonchev–Trinajstić information content (AvgIpc) is 1.01. The van der Waals surface area contributed by atoms with Crippen LogP contribution in [0, 0.1) is 47.3 Å². The second-order valence-electron chi connectivity index (χ2n) is 26.5. The molecule has 508 valence electrons. The molecule has 23 atom stereocenters. The van der Waals surface area contributed by atoms with Crippen molar-refractivity contribution in [1.82, 2.24) is 0 Å². The normalized spacial score (nSPS) is 36.8. The van der Waals surface area contributed by atoms with Gasteiger partial charge in [-0.2, -0.15) is 4.79 Å². The van der Waals surface area contributed by atoms with E-state index in [-0.39, 0.29) is 44.0 Å². The Kier molecular flexibility index (Phi) is 27.1. The molecule has 90 heavy (non-hydrogen) atoms. The summed E-state index contributed by atoms with van der Waals surface area (Å²) in [5.41, 5.74) is -2.28. The second kappa shape index (κ2) is 32.4. The molecule has 0 spiro atoms. The third-order valence-electron chi connectivity index (χ3n) is 18.0. The number of nitrogens with zero attached hydrogens (tertiary/aromatic N) is 2. The molecule has 1 aromatic rings. The van der Waals surface area contributed by atoms with Gasteiger partial charge >= 0.3 is 35.9 Å². The SMILES string of the molecule is C=C1C[C@@H](C)O[C@@H](O[C@@H]2[C@@H](C)[C@H](O[C@H]3C[C@@](C)(OC(C)=O)[C@@H](OC(C)=O)[C@H](C)O3)[C@@H](C)C(=O)C[C@H]([C@@H](C)CO[C@@H]3O[C@H](C)[C@@H](OC(C)=O)[C@@H](OC)[C@H]3OC)[C@H](C)[C@@H](OC(=O)CC(C)C)[C@@H](C)C(=O)[C@@](C)(OC(=O)[n+]3ccc(N(C)C)cc3)C[C@@H]2C)[C@@H]1OC(C)=O. The Bertz CT molecular complexity index is 2650. The van der Waals surface area contributed by atoms with E-state index < -0.39 is 180 Å². The summed E-state index contributed by atoms with van der Waals surface area (Å²) >= 11 is 0. The summed E-state index contributed by atoms with van der Waals surface area (Å²) in [7, 11) is 6.60. The molecule has 0 radical (unpaired) electrons. The van der Waals surface area contributed by atoms with Gasteiger partial charge in [0, 0.05) is 105 Å². The van der Waals surface area contributed by atoms with Crippen molar-refractivity contribution in [2.45, 2.75) is 247 Å². The Labute approximate surface area is 531 Å². The molecule has 1 saturated carbocycles. The topological polar surface area (TPSA) is 273 Å². The summed E-state index contributed by atoms with van der Waals surface area (Å²) < 4.78 is 89.4. The number of ketones is 2. The Balaban J connectivity index is 1.78. The number of anilines is 1. The second-order valence-corrected chi connectivity index (χ2v) is 26.5. The number of methoxy groups -OCH3 is 2. The van der Waals surface area contributed by atoms with Crippen LogP contribution in [-0.4, -0.2) is 180 Å². The van der Waals surface area contributed by atoms with Crippen molar-refractivity contribution >= 4 is 53.2 Å². The molecule has 3 aliphatic heterocycles. The molecule has 0 bridgehead atoms. The van der Waals surface area contributed by atoms with Crippen molar-refractivity contribution in [2.75, 3.05) is 39.8 Å². The third-order valence-corrected chi connectivity index (χ3v) is 18.0. The number of hydrogen-bond acceptors (Lipinski definition) is 23. The lowest BCUT2D eigenvalue weighted by molar-refractivity contribution is -0.588. The molecule has 1 aromatic heterocycles. The van der Waals surface area contributed by atoms with Crippen molar-refractivity contribution in [3.63, 3.8) is 0 Å². The van der Waals surface area contributed by atoms with E-state index in [0.717, 1.165) is 5.69 Å². The first kappa shape index (κ1) is 75.3. The standard InChI is InChI=1S/C66H103N2O22/c1-33(2)27-51(74)86-55-38(7)49(36(5)32-79-62-59(78-22)58(77-21)57(42(11)82-62)84-45(14)70)29-50(73)39(8)56(87-52-31-66(18,89-47(16)72)61(43(12)81-52)85-46(15)71)40(9)53(88-63-54(83-44(13)69)34(3)28-37(6)80-63)35(4)30-65(17,60(75)41(55)10)90-64(76)68-25-23-48(24-26-68)67(19)20/h23-26,33,35-43,49,52-59,61-63H,3,27-32H2,1-2,4-22H3/q+1/t35-,36-,37+,38-,39-,40+,41+,42+,43-,49+,52-,53-,54+,55+,56+,57+,58+,59+,61-,62+,63-,65-,66+/m0/s1. The van der Waals surface area contributed by atoms with E-state index in [1.807, 2.05) is 53.6 Å². The molecule has 4 fully saturated rings. The van der Waals surface area contributed by atoms with Gasteiger partial charge in [-0.15, -0.1) is 0 Å². The number of Topliss-reactive ketones (excluding diaryl/α,β-unsaturated/α-hetero) is 2. The molecular weight excluding hydrogens is 1170 g/mol. The molecule has 4 aliphatic rings. The van der Waals surface area contributed by atoms with E-state index in [2.05, 4.69) is 6.58 Å². The Morgan fingerprint density at radius 3 is 1.83 bits per heavy atom. The Hall–Kier alpha value is -5.47. The molecule has 0 unspecified atom stereocenters. The van der Waals surface area contributed by atoms with E-state index in [4.69, 9.17) is 66.3 Å². The zero-order valence-corrected chi connectivity index (χ0v) is 56.8. The van der Waals surface area contributed by atoms with Gasteiger partial charge in [0.25, 0.3) is 0 Å². The van der Waals surface area contributed by atoms with E-state index in [0.29, 0.717) is 12.0 Å². The number of rotatable bonds is 19. The van der Waals surface area contributed by atoms with Crippen molar-refractivity contribution in [3.05, 3.63) is 36.7 Å². The monoisotopic (exact) mass is 1280 g/mol. The summed E-state index contributed by atoms with van der Waals surface area (Å²) in [6.45, 7) is 31.7. The maximum absolute atomic E-state index is 16.2. The molecule has 24 heteroatoms. The number of pyridine rings is 1. The van der Waals surface area contributed by atoms with Crippen molar-refractivity contribution in [2.24, 2.45) is 47.3 Å². The highest BCUT2D eigenvalue weighted by Gasteiger charge is 2.56. The van der Waals surface area contributed by atoms with Crippen molar-refractivity contribution in [3.8, 4) is 0 Å². The van der Waals surface area contributed by atoms with E-state index in [1.165, 1.54) is 65.8 Å². The van der Waals surface area contributed by atoms with Crippen LogP contribution in [-0.2, 0) is 99.9 Å². The quantitative estimate of drug-likeness (QED) is 0.0557. The molecule has 1 aliphatic carbocycles. The molecule has 0 aromatic carbocycles. The summed E-state index contributed by atoms with van der Waals surface area (Å²) in [6.07, 6.45) is -12.4. The lowest BCUT2D eigenvalue weighted by Gasteiger charge is -2.48. The number of ether oxygens (including phenoxy) is 14. The lowest BCUT2D eigenvalue weighted by atomic mass is 9.69. The fourth-order valence-electron chi connectivity index (χ4n) is 13.6. The van der Waals surface area contributed by atoms with E-state index in [1.54, 1.807) is 60.6 Å². The first-order chi connectivity index (χ1) is 41.9. The predicted octanol–water partition coefficient (Wildman–Crippen LogP) is 7.61. The van der Waals surface area contributed by atoms with Gasteiger partial charge in [-0.25, -0.2) is 0 Å². The summed E-state index contributed by atoms with van der Waals surface area (Å²) in [4.78, 5) is 113. The smallest absolute Gasteiger partial charge is 0.461 e. The highest BCUT2D eigenvalue weighted by molar-refractivity contribution is 5.91. The van der Waals surface area contributed by atoms with Gasteiger partial charge in [0.1, 0.15) is 24.1 Å². The molecule has 3 saturated heterocycles. The Morgan fingerprint density at radius 2 is 1.28 bits per heavy atom. The Morgan fingerprint density at radius 1 is 0.667 bits per heavy atom. The minimum Gasteiger partial charge on any atom is -0.461 e. The van der Waals surface area contributed by atoms with Crippen LogP contribution in [0.15, 0.2) is 36.7 Å². The number of hydrogen-bond donors (Lipinski definition) is 0. The fourth-order valence-corrected chi connectivity index (χ4v) is 13.6. The van der Waals surface area contributed by atoms with Crippen LogP contribution >= 0.6 is 0 Å². The fraction of sp³-hybridized carbons (Fsp3) is 0.773. The van der Waals surface area contributed by atoms with Crippen LogP contribution < -0.4 is 9.47 Å². The van der Waals surface area contributed by atoms with Crippen molar-refractivity contribution < 1.29 is 109 Å². The van der Waals surface area contributed by atoms with Crippen LogP contribution in [0.25, 0.3) is 0 Å². The minimum absolute atomic E-state index is 0.0184. The van der Waals surface area contributed by atoms with Gasteiger partial charge in [0.2, 0.25) is 0 Å². The van der Waals surface area contributed by atoms with Crippen LogP contribution in [0.2, 0.25) is 0 Å². The maximum Gasteiger partial charge on any atom is 0.602 e. The third kappa shape index (κ3) is 19.1. The van der Waals surface area contributed by atoms with E-state index in [9.17, 15) is 28.8 Å². The molecule has 0 amide bonds. The van der Waals surface area contributed by atoms with Crippen LogP contribution in [0.4, 0.5) is 10.5 Å². The zero-order chi connectivity index (χ0) is 67.6. The van der Waals surface area contributed by atoms with E-state index >= 15 is 9.59 Å². The largest absolute Gasteiger partial charge is 0.602 e. The van der Waals surface area contributed by atoms with Gasteiger partial charge < -0.3 is 71.2 Å². The van der Waals surface area contributed by atoms with Gasteiger partial charge in [0.15, 0.2) is 66.6 Å². The highest BCUT2D eigenvalue weighted by Crippen LogP contribution is 2.44. The van der Waals surface area contributed by atoms with Crippen molar-refractivity contribution in [1.29, 1.82) is 0 Å². The predicted molar refractivity (Wildman–Crippen MR) is 324 cm³/mol. The van der Waals surface area contributed by atoms with Gasteiger partial charge in [0.05, 0.1) is 43.0 Å². The van der Waals surface area contributed by atoms with Gasteiger partial charge in [-0.3, -0.25) is 33.6 Å². The number of carbonyl (C=O) groups excluding carboxylic acids is 8. The van der Waals surface area contributed by atoms with Gasteiger partial charge in [-0.05, 0) is 82.6 Å². The molecule has 0 N–H and O–H groups in total. The van der Waals surface area contributed by atoms with Crippen LogP contribution in [0.1, 0.15) is 150 Å². The highest BCUT2D eigenvalue weighted by atomic mass is 16.7. The number of carbonyl (C=O) groups is 8. The number of esters is 5. The zero-order valence-electron chi connectivity index (χ0n) is 56.8. The lowest BCUT2D eigenvalue weighted by Crippen LogP contribution is -2.60. The first-order valence-electron chi connectivity index (χ1n) is 31.5. The molecular formula is C66H103N2O22+. The maximum atomic E-state index is 16.2. The molecule has 4 heterocycles. The number of aromatic nitrogens is 1. The van der Waals surface area contributed by atoms with Crippen LogP contribution in [0.3, 0.4) is 0 Å². The van der Waals surface area contributed by atoms with Gasteiger partial charge in [-0.1, -0.05) is 66.5 Å². The average molecular weight is 1280 g/mol. The summed E-state index contributed by atoms with van der Waals surface area (Å²) in [6, 6.07) is 3.42. The molecule has 5 rings (SSSR count). The summed E-state index contributed by atoms with van der Waals surface area (Å²) in [5, 5.41) is 0. The summed E-state index contributed by atoms with van der Waals surface area (Å²) in [5.74, 6) is -10.5.